The van der Waals surface area contributed by atoms with Crippen molar-refractivity contribution < 1.29 is 4.74 Å². The van der Waals surface area contributed by atoms with E-state index in [1.807, 2.05) is 13.8 Å². The van der Waals surface area contributed by atoms with Gasteiger partial charge in [-0.3, -0.25) is 10.1 Å². The molecule has 1 aliphatic heterocycles. The van der Waals surface area contributed by atoms with Gasteiger partial charge in [0.15, 0.2) is 5.96 Å². The summed E-state index contributed by atoms with van der Waals surface area (Å²) in [7, 11) is 1.69. The molecule has 1 unspecified atom stereocenters. The molecule has 0 amide bonds. The van der Waals surface area contributed by atoms with Crippen LogP contribution in [0.3, 0.4) is 0 Å². The summed E-state index contributed by atoms with van der Waals surface area (Å²) in [5.74, 6) is 0.590. The largest absolute Gasteiger partial charge is 0.383 e. The van der Waals surface area contributed by atoms with Crippen molar-refractivity contribution in [1.82, 2.24) is 15.1 Å². The summed E-state index contributed by atoms with van der Waals surface area (Å²) >= 11 is 0. The summed E-state index contributed by atoms with van der Waals surface area (Å²) in [5.41, 5.74) is 9.20. The topological polar surface area (TPSA) is 79.5 Å². The number of aryl methyl sites for hydroxylation is 2. The number of aromatic amines is 1. The molecule has 2 heterocycles. The Bertz CT molecular complexity index is 406. The first kappa shape index (κ1) is 11.9. The molecular weight excluding hydrogens is 218 g/mol. The molecule has 2 rings (SSSR count). The van der Waals surface area contributed by atoms with Crippen LogP contribution in [-0.2, 0) is 4.74 Å². The number of hydrogen-bond acceptors (Lipinski definition) is 5. The number of nitrogens with zero attached hydrogens (tertiary/aromatic N) is 3. The van der Waals surface area contributed by atoms with Gasteiger partial charge in [-0.05, 0) is 13.8 Å². The summed E-state index contributed by atoms with van der Waals surface area (Å²) in [4.78, 5) is 6.39. The Morgan fingerprint density at radius 2 is 2.29 bits per heavy atom. The van der Waals surface area contributed by atoms with E-state index in [1.165, 1.54) is 5.56 Å². The van der Waals surface area contributed by atoms with Gasteiger partial charge in [0.2, 0.25) is 0 Å². The van der Waals surface area contributed by atoms with E-state index in [0.717, 1.165) is 17.9 Å². The SMILES string of the molecule is COCCN1C(N)=NCC1c1c(C)n[nH]c1C. The van der Waals surface area contributed by atoms with Gasteiger partial charge in [-0.25, -0.2) is 0 Å². The number of rotatable bonds is 4. The number of hydrogen-bond donors (Lipinski definition) is 2. The number of ether oxygens (including phenoxy) is 1. The van der Waals surface area contributed by atoms with Gasteiger partial charge >= 0.3 is 0 Å². The highest BCUT2D eigenvalue weighted by atomic mass is 16.5. The second-order valence-electron chi connectivity index (χ2n) is 4.25. The van der Waals surface area contributed by atoms with Gasteiger partial charge in [0.05, 0.1) is 24.9 Å². The molecule has 1 aromatic rings. The highest BCUT2D eigenvalue weighted by Gasteiger charge is 2.30. The predicted molar refractivity (Wildman–Crippen MR) is 65.9 cm³/mol. The Hall–Kier alpha value is -1.56. The maximum absolute atomic E-state index is 5.91. The lowest BCUT2D eigenvalue weighted by molar-refractivity contribution is 0.166. The Morgan fingerprint density at radius 1 is 1.53 bits per heavy atom. The van der Waals surface area contributed by atoms with Gasteiger partial charge in [0.25, 0.3) is 0 Å². The standard InChI is InChI=1S/C11H19N5O/c1-7-10(8(2)15-14-7)9-6-13-11(12)16(9)4-5-17-3/h9H,4-6H2,1-3H3,(H2,12,13)(H,14,15). The molecule has 0 aromatic carbocycles. The van der Waals surface area contributed by atoms with Crippen LogP contribution in [-0.4, -0.2) is 47.9 Å². The lowest BCUT2D eigenvalue weighted by Gasteiger charge is -2.26. The van der Waals surface area contributed by atoms with Crippen LogP contribution in [0.2, 0.25) is 0 Å². The number of aliphatic imine (C=N–C) groups is 1. The third-order valence-electron chi connectivity index (χ3n) is 3.15. The number of nitrogens with two attached hydrogens (primary N) is 1. The van der Waals surface area contributed by atoms with Gasteiger partial charge in [0.1, 0.15) is 0 Å². The van der Waals surface area contributed by atoms with Crippen LogP contribution in [0.15, 0.2) is 4.99 Å². The average Bonchev–Trinajstić information content (AvgIpc) is 2.81. The van der Waals surface area contributed by atoms with Gasteiger partial charge in [0, 0.05) is 24.9 Å². The predicted octanol–water partition coefficient (Wildman–Crippen LogP) is 0.344. The van der Waals surface area contributed by atoms with E-state index in [0.29, 0.717) is 19.1 Å². The minimum absolute atomic E-state index is 0.184. The van der Waals surface area contributed by atoms with E-state index in [9.17, 15) is 0 Å². The van der Waals surface area contributed by atoms with Crippen molar-refractivity contribution in [3.8, 4) is 0 Å². The van der Waals surface area contributed by atoms with Crippen molar-refractivity contribution in [2.75, 3.05) is 26.8 Å². The molecule has 1 atom stereocenters. The minimum atomic E-state index is 0.184. The second-order valence-corrected chi connectivity index (χ2v) is 4.25. The van der Waals surface area contributed by atoms with Gasteiger partial charge in [-0.15, -0.1) is 0 Å². The Kier molecular flexibility index (Phi) is 3.33. The fraction of sp³-hybridized carbons (Fsp3) is 0.636. The molecule has 0 saturated carbocycles. The van der Waals surface area contributed by atoms with Gasteiger partial charge < -0.3 is 15.4 Å². The molecule has 0 saturated heterocycles. The van der Waals surface area contributed by atoms with Crippen molar-refractivity contribution in [1.29, 1.82) is 0 Å². The van der Waals surface area contributed by atoms with Crippen LogP contribution in [0.25, 0.3) is 0 Å². The number of H-pyrrole nitrogens is 1. The van der Waals surface area contributed by atoms with Crippen molar-refractivity contribution >= 4 is 5.96 Å². The normalized spacial score (nSPS) is 19.8. The quantitative estimate of drug-likeness (QED) is 0.791. The molecule has 1 aromatic heterocycles. The molecule has 3 N–H and O–H groups in total. The molecule has 1 aliphatic rings. The average molecular weight is 237 g/mol. The number of guanidine groups is 1. The lowest BCUT2D eigenvalue weighted by atomic mass is 10.0. The third-order valence-corrected chi connectivity index (χ3v) is 3.15. The minimum Gasteiger partial charge on any atom is -0.383 e. The fourth-order valence-corrected chi connectivity index (χ4v) is 2.29. The maximum atomic E-state index is 5.91. The van der Waals surface area contributed by atoms with E-state index in [-0.39, 0.29) is 6.04 Å². The lowest BCUT2D eigenvalue weighted by Crippen LogP contribution is -2.38. The summed E-state index contributed by atoms with van der Waals surface area (Å²) in [6, 6.07) is 0.184. The first-order valence-corrected chi connectivity index (χ1v) is 5.72. The van der Waals surface area contributed by atoms with E-state index in [4.69, 9.17) is 10.5 Å². The van der Waals surface area contributed by atoms with E-state index >= 15 is 0 Å². The van der Waals surface area contributed by atoms with Crippen LogP contribution in [0.5, 0.6) is 0 Å². The maximum Gasteiger partial charge on any atom is 0.192 e. The summed E-state index contributed by atoms with van der Waals surface area (Å²) < 4.78 is 5.10. The van der Waals surface area contributed by atoms with E-state index in [2.05, 4.69) is 20.1 Å². The Balaban J connectivity index is 2.21. The molecule has 0 fully saturated rings. The van der Waals surface area contributed by atoms with Crippen molar-refractivity contribution in [2.45, 2.75) is 19.9 Å². The molecule has 94 valence electrons. The zero-order chi connectivity index (χ0) is 12.4. The van der Waals surface area contributed by atoms with Crippen LogP contribution >= 0.6 is 0 Å². The monoisotopic (exact) mass is 237 g/mol. The first-order chi connectivity index (χ1) is 8.15. The van der Waals surface area contributed by atoms with Gasteiger partial charge in [-0.2, -0.15) is 5.10 Å². The van der Waals surface area contributed by atoms with Crippen LogP contribution in [0.1, 0.15) is 23.0 Å². The molecule has 0 bridgehead atoms. The van der Waals surface area contributed by atoms with Crippen molar-refractivity contribution in [3.63, 3.8) is 0 Å². The number of nitrogens with one attached hydrogen (secondary N) is 1. The van der Waals surface area contributed by atoms with Crippen molar-refractivity contribution in [2.24, 2.45) is 10.7 Å². The van der Waals surface area contributed by atoms with E-state index < -0.39 is 0 Å². The van der Waals surface area contributed by atoms with Crippen LogP contribution < -0.4 is 5.73 Å². The first-order valence-electron chi connectivity index (χ1n) is 5.72. The van der Waals surface area contributed by atoms with E-state index in [1.54, 1.807) is 7.11 Å². The fourth-order valence-electron chi connectivity index (χ4n) is 2.29. The molecule has 0 spiro atoms. The molecule has 0 aliphatic carbocycles. The van der Waals surface area contributed by atoms with Crippen molar-refractivity contribution in [3.05, 3.63) is 17.0 Å². The number of aromatic nitrogens is 2. The Labute approximate surface area is 101 Å². The zero-order valence-corrected chi connectivity index (χ0v) is 10.5. The Morgan fingerprint density at radius 3 is 2.88 bits per heavy atom. The number of methoxy groups -OCH3 is 1. The smallest absolute Gasteiger partial charge is 0.192 e. The third kappa shape index (κ3) is 2.12. The summed E-state index contributed by atoms with van der Waals surface area (Å²) in [5, 5.41) is 7.23. The van der Waals surface area contributed by atoms with Crippen LogP contribution in [0.4, 0.5) is 0 Å². The van der Waals surface area contributed by atoms with Gasteiger partial charge in [-0.1, -0.05) is 0 Å². The highest BCUT2D eigenvalue weighted by Crippen LogP contribution is 2.28. The molecular formula is C11H19N5O. The van der Waals surface area contributed by atoms with Crippen LogP contribution in [0, 0.1) is 13.8 Å². The molecule has 6 heteroatoms. The molecule has 0 radical (unpaired) electrons. The second kappa shape index (κ2) is 4.75. The molecule has 6 nitrogen and oxygen atoms in total. The summed E-state index contributed by atoms with van der Waals surface area (Å²) in [6.45, 7) is 6.11. The highest BCUT2D eigenvalue weighted by molar-refractivity contribution is 5.80. The molecule has 17 heavy (non-hydrogen) atoms. The zero-order valence-electron chi connectivity index (χ0n) is 10.5. The summed E-state index contributed by atoms with van der Waals surface area (Å²) in [6.07, 6.45) is 0.